The molecule has 0 aliphatic heterocycles. The van der Waals surface area contributed by atoms with E-state index in [1.807, 2.05) is 24.3 Å². The minimum absolute atomic E-state index is 0.301. The smallest absolute Gasteiger partial charge is 0.115 e. The lowest BCUT2D eigenvalue weighted by molar-refractivity contribution is 0.475. The zero-order chi connectivity index (χ0) is 10.7. The molecule has 0 saturated carbocycles. The number of rotatable bonds is 2. The third-order valence-electron chi connectivity index (χ3n) is 1.89. The second kappa shape index (κ2) is 4.73. The first-order chi connectivity index (χ1) is 7.24. The average molecular weight is 281 g/mol. The molecule has 15 heavy (non-hydrogen) atoms. The number of phenolic OH excluding ortho intramolecular Hbond substituents is 1. The van der Waals surface area contributed by atoms with Crippen molar-refractivity contribution in [3.8, 4) is 5.75 Å². The lowest BCUT2D eigenvalue weighted by Crippen LogP contribution is -1.73. The minimum Gasteiger partial charge on any atom is -0.508 e. The topological polar surface area (TPSA) is 20.2 Å². The van der Waals surface area contributed by atoms with Crippen molar-refractivity contribution in [3.05, 3.63) is 53.0 Å². The Balaban J connectivity index is 2.15. The fourth-order valence-corrected chi connectivity index (χ4v) is 2.23. The maximum absolute atomic E-state index is 9.14. The number of hydrogen-bond donors (Lipinski definition) is 1. The number of aromatic hydroxyl groups is 1. The molecule has 2 aromatic carbocycles. The standard InChI is InChI=1S/C12H9BrOS/c13-9-1-5-11(6-2-9)15-12-7-3-10(14)4-8-12/h1-8,14H. The van der Waals surface area contributed by atoms with Crippen LogP contribution in [-0.4, -0.2) is 5.11 Å². The summed E-state index contributed by atoms with van der Waals surface area (Å²) in [5.74, 6) is 0.301. The van der Waals surface area contributed by atoms with Gasteiger partial charge in [0.05, 0.1) is 0 Å². The van der Waals surface area contributed by atoms with E-state index >= 15 is 0 Å². The first-order valence-corrected chi connectivity index (χ1v) is 6.07. The summed E-state index contributed by atoms with van der Waals surface area (Å²) in [7, 11) is 0. The SMILES string of the molecule is Oc1ccc(Sc2ccc(Br)cc2)cc1. The summed E-state index contributed by atoms with van der Waals surface area (Å²) in [6.45, 7) is 0. The van der Waals surface area contributed by atoms with Crippen LogP contribution in [0.4, 0.5) is 0 Å². The van der Waals surface area contributed by atoms with Crippen LogP contribution in [0.1, 0.15) is 0 Å². The van der Waals surface area contributed by atoms with E-state index in [-0.39, 0.29) is 0 Å². The number of hydrogen-bond acceptors (Lipinski definition) is 2. The molecule has 0 amide bonds. The Labute approximate surface area is 101 Å². The summed E-state index contributed by atoms with van der Waals surface area (Å²) in [6, 6.07) is 15.3. The van der Waals surface area contributed by atoms with Crippen LogP contribution in [0.25, 0.3) is 0 Å². The van der Waals surface area contributed by atoms with Crippen LogP contribution >= 0.6 is 27.7 Å². The molecular weight excluding hydrogens is 272 g/mol. The summed E-state index contributed by atoms with van der Waals surface area (Å²) in [6.07, 6.45) is 0. The van der Waals surface area contributed by atoms with Crippen LogP contribution in [0.3, 0.4) is 0 Å². The van der Waals surface area contributed by atoms with Crippen LogP contribution in [0.2, 0.25) is 0 Å². The molecule has 0 aliphatic carbocycles. The van der Waals surface area contributed by atoms with Crippen molar-refractivity contribution in [1.82, 2.24) is 0 Å². The van der Waals surface area contributed by atoms with Crippen molar-refractivity contribution < 1.29 is 5.11 Å². The molecule has 0 aromatic heterocycles. The van der Waals surface area contributed by atoms with Crippen molar-refractivity contribution in [2.45, 2.75) is 9.79 Å². The average Bonchev–Trinajstić information content (AvgIpc) is 2.25. The molecule has 0 saturated heterocycles. The van der Waals surface area contributed by atoms with Crippen molar-refractivity contribution in [2.75, 3.05) is 0 Å². The van der Waals surface area contributed by atoms with Crippen LogP contribution in [0.5, 0.6) is 5.75 Å². The lowest BCUT2D eigenvalue weighted by atomic mass is 10.3. The molecule has 1 nitrogen and oxygen atoms in total. The van der Waals surface area contributed by atoms with Crippen molar-refractivity contribution >= 4 is 27.7 Å². The molecule has 2 aromatic rings. The molecule has 0 bridgehead atoms. The molecule has 3 heteroatoms. The van der Waals surface area contributed by atoms with Gasteiger partial charge in [-0.15, -0.1) is 0 Å². The predicted molar refractivity (Wildman–Crippen MR) is 66.4 cm³/mol. The number of halogens is 1. The monoisotopic (exact) mass is 280 g/mol. The fourth-order valence-electron chi connectivity index (χ4n) is 1.15. The Morgan fingerprint density at radius 1 is 0.800 bits per heavy atom. The van der Waals surface area contributed by atoms with Gasteiger partial charge in [0, 0.05) is 14.3 Å². The van der Waals surface area contributed by atoms with E-state index < -0.39 is 0 Å². The highest BCUT2D eigenvalue weighted by Crippen LogP contribution is 2.29. The summed E-state index contributed by atoms with van der Waals surface area (Å²) in [4.78, 5) is 2.30. The number of phenols is 1. The summed E-state index contributed by atoms with van der Waals surface area (Å²) >= 11 is 5.07. The van der Waals surface area contributed by atoms with E-state index in [0.29, 0.717) is 5.75 Å². The fraction of sp³-hybridized carbons (Fsp3) is 0. The molecule has 0 atom stereocenters. The predicted octanol–water partition coefficient (Wildman–Crippen LogP) is 4.31. The Morgan fingerprint density at radius 2 is 1.27 bits per heavy atom. The van der Waals surface area contributed by atoms with E-state index in [1.165, 1.54) is 4.90 Å². The van der Waals surface area contributed by atoms with Gasteiger partial charge in [0.15, 0.2) is 0 Å². The van der Waals surface area contributed by atoms with Gasteiger partial charge in [-0.3, -0.25) is 0 Å². The highest BCUT2D eigenvalue weighted by molar-refractivity contribution is 9.10. The first-order valence-electron chi connectivity index (χ1n) is 4.46. The van der Waals surface area contributed by atoms with Gasteiger partial charge in [0.1, 0.15) is 5.75 Å². The van der Waals surface area contributed by atoms with Gasteiger partial charge in [-0.1, -0.05) is 27.7 Å². The van der Waals surface area contributed by atoms with Crippen LogP contribution < -0.4 is 0 Å². The zero-order valence-electron chi connectivity index (χ0n) is 7.85. The van der Waals surface area contributed by atoms with Gasteiger partial charge < -0.3 is 5.11 Å². The first kappa shape index (κ1) is 10.6. The Morgan fingerprint density at radius 3 is 1.80 bits per heavy atom. The molecular formula is C12H9BrOS. The van der Waals surface area contributed by atoms with E-state index in [9.17, 15) is 0 Å². The molecule has 0 fully saturated rings. The van der Waals surface area contributed by atoms with Gasteiger partial charge in [0.25, 0.3) is 0 Å². The quantitative estimate of drug-likeness (QED) is 0.885. The van der Waals surface area contributed by atoms with Gasteiger partial charge in [-0.2, -0.15) is 0 Å². The maximum Gasteiger partial charge on any atom is 0.115 e. The van der Waals surface area contributed by atoms with Gasteiger partial charge in [-0.05, 0) is 48.5 Å². The summed E-state index contributed by atoms with van der Waals surface area (Å²) < 4.78 is 1.08. The van der Waals surface area contributed by atoms with Crippen molar-refractivity contribution in [2.24, 2.45) is 0 Å². The molecule has 2 rings (SSSR count). The Kier molecular flexibility index (Phi) is 3.34. The molecule has 0 radical (unpaired) electrons. The van der Waals surface area contributed by atoms with Gasteiger partial charge in [0.2, 0.25) is 0 Å². The lowest BCUT2D eigenvalue weighted by Gasteiger charge is -2.01. The minimum atomic E-state index is 0.301. The van der Waals surface area contributed by atoms with Crippen LogP contribution in [0, 0.1) is 0 Å². The molecule has 1 N–H and O–H groups in total. The van der Waals surface area contributed by atoms with E-state index in [0.717, 1.165) is 9.37 Å². The van der Waals surface area contributed by atoms with Gasteiger partial charge >= 0.3 is 0 Å². The third kappa shape index (κ3) is 3.01. The van der Waals surface area contributed by atoms with E-state index in [4.69, 9.17) is 5.11 Å². The Hall–Kier alpha value is -0.930. The van der Waals surface area contributed by atoms with Crippen LogP contribution in [-0.2, 0) is 0 Å². The van der Waals surface area contributed by atoms with Crippen molar-refractivity contribution in [1.29, 1.82) is 0 Å². The second-order valence-electron chi connectivity index (χ2n) is 3.05. The largest absolute Gasteiger partial charge is 0.508 e. The third-order valence-corrected chi connectivity index (χ3v) is 3.43. The molecule has 0 aliphatic rings. The highest BCUT2D eigenvalue weighted by atomic mass is 79.9. The maximum atomic E-state index is 9.14. The Bertz CT molecular complexity index is 393. The molecule has 0 spiro atoms. The van der Waals surface area contributed by atoms with E-state index in [2.05, 4.69) is 28.1 Å². The molecule has 0 unspecified atom stereocenters. The number of benzene rings is 2. The van der Waals surface area contributed by atoms with E-state index in [1.54, 1.807) is 23.9 Å². The highest BCUT2D eigenvalue weighted by Gasteiger charge is 1.97. The normalized spacial score (nSPS) is 10.2. The molecule has 0 heterocycles. The summed E-state index contributed by atoms with van der Waals surface area (Å²) in [5.41, 5.74) is 0. The summed E-state index contributed by atoms with van der Waals surface area (Å²) in [5, 5.41) is 9.14. The molecule has 76 valence electrons. The van der Waals surface area contributed by atoms with Crippen LogP contribution in [0.15, 0.2) is 62.8 Å². The zero-order valence-corrected chi connectivity index (χ0v) is 10.3. The second-order valence-corrected chi connectivity index (χ2v) is 5.11. The van der Waals surface area contributed by atoms with Crippen molar-refractivity contribution in [3.63, 3.8) is 0 Å². The van der Waals surface area contributed by atoms with Gasteiger partial charge in [-0.25, -0.2) is 0 Å².